The van der Waals surface area contributed by atoms with E-state index in [-0.39, 0.29) is 178 Å². The van der Waals surface area contributed by atoms with Crippen LogP contribution in [0.5, 0.6) is 0 Å². The highest BCUT2D eigenvalue weighted by atomic mass is 33.1. The minimum absolute atomic E-state index is 0.0183. The lowest BCUT2D eigenvalue weighted by Gasteiger charge is -2.63. The van der Waals surface area contributed by atoms with E-state index in [4.69, 9.17) is 87.2 Å². The van der Waals surface area contributed by atoms with Crippen LogP contribution < -0.4 is 20.9 Å². The number of likely N-dealkylation sites (N-methyl/N-ethyl adjacent to an activating group) is 1. The van der Waals surface area contributed by atoms with Gasteiger partial charge in [-0.05, 0) is 182 Å². The molecule has 15 unspecified atom stereocenters. The number of aryl methyl sites for hydroxylation is 1. The van der Waals surface area contributed by atoms with Crippen molar-refractivity contribution in [2.75, 3.05) is 145 Å². The number of hydrogen-bond acceptors (Lipinski definition) is 35. The number of methoxy groups -OCH3 is 4. The van der Waals surface area contributed by atoms with E-state index in [9.17, 15) is 58.8 Å². The van der Waals surface area contributed by atoms with E-state index in [0.29, 0.717) is 81.7 Å². The number of aromatic nitrogens is 1. The van der Waals surface area contributed by atoms with Gasteiger partial charge in [0, 0.05) is 175 Å². The monoisotopic (exact) mass is 2070 g/mol. The number of carboxylic acids is 1. The molecule has 2 saturated heterocycles. The molecule has 5 aliphatic heterocycles. The summed E-state index contributed by atoms with van der Waals surface area (Å²) < 4.78 is 57.5. The fraction of sp³-hybridized carbons (Fsp3) is 0.692. The number of ketones is 2. The third kappa shape index (κ3) is 34.1. The number of benzene rings is 3. The Morgan fingerprint density at radius 2 is 1.22 bits per heavy atom. The average molecular weight is 2070 g/mol. The number of carbonyl (C=O) groups excluding carboxylic acids is 10. The minimum atomic E-state index is -2.17. The molecule has 3 fully saturated rings. The van der Waals surface area contributed by atoms with Gasteiger partial charge in [0.25, 0.3) is 5.91 Å². The van der Waals surface area contributed by atoms with Crippen molar-refractivity contribution in [3.8, 4) is 0 Å². The molecular weight excluding hydrogens is 1910 g/mol. The van der Waals surface area contributed by atoms with Crippen LogP contribution in [0.15, 0.2) is 72.8 Å². The molecule has 6 aliphatic rings. The Balaban J connectivity index is 0.000000391. The van der Waals surface area contributed by atoms with Gasteiger partial charge in [0.15, 0.2) is 36.5 Å². The molecule has 1 spiro atoms. The number of aliphatic carboxylic acids is 1. The van der Waals surface area contributed by atoms with Gasteiger partial charge in [-0.25, -0.2) is 4.79 Å². The summed E-state index contributed by atoms with van der Waals surface area (Å²) in [6.07, 6.45) is 8.70. The normalized spacial score (nSPS) is 23.7. The van der Waals surface area contributed by atoms with Crippen molar-refractivity contribution in [2.24, 2.45) is 11.3 Å². The number of aliphatic hydroxyl groups excluding tert-OH is 6. The van der Waals surface area contributed by atoms with Gasteiger partial charge in [0.1, 0.15) is 31.1 Å². The second-order valence-electron chi connectivity index (χ2n) is 37.7. The molecule has 40 heteroatoms. The van der Waals surface area contributed by atoms with Crippen LogP contribution in [0, 0.1) is 18.3 Å². The quantitative estimate of drug-likeness (QED) is 0.00492. The molecular formula is C104H161N7O31S2. The Hall–Kier alpha value is -8.27. The van der Waals surface area contributed by atoms with Crippen molar-refractivity contribution < 1.29 is 151 Å². The number of fused-ring (bicyclic) bond motifs is 6. The molecule has 810 valence electrons. The van der Waals surface area contributed by atoms with Crippen LogP contribution >= 0.6 is 21.6 Å². The maximum Gasteiger partial charge on any atom is 0.373 e. The maximum atomic E-state index is 15.2. The van der Waals surface area contributed by atoms with E-state index in [1.807, 2.05) is 53.1 Å². The molecule has 4 aromatic rings. The van der Waals surface area contributed by atoms with Gasteiger partial charge in [0.05, 0.1) is 88.5 Å². The Bertz CT molecular complexity index is 4690. The first kappa shape index (κ1) is 124. The number of nitrogens with zero attached hydrogens (tertiary/aromatic N) is 3. The summed E-state index contributed by atoms with van der Waals surface area (Å²) in [6, 6.07) is 18.8. The first-order valence-corrected chi connectivity index (χ1v) is 52.9. The SMILES string of the molecule is CCC(CO)OC(CCC(=O)CCC(=O)O)OC.CCC(CO)OC(CO)OC.CCC(CO)OC(COC(=O)CCC(=O)NCCNC(=O)c1ccc(C(C)SSC)cc1)OC.CCC(CO)OC(COC(=O)CCCC(=O)NC(C)C(=O)OCCCCC(=O)[C@]1(O)C2N(C)c3cc(C)c([C@@]4(C)CC5CN(CCc6c4[nH]c4ccccc64)CC(O)(CC)C5)cc3[C@@]23CCN2CC=C[C@](CC)(C23)[C@H]1O)OC.O=C=O. The van der Waals surface area contributed by atoms with Crippen LogP contribution in [-0.2, 0) is 117 Å². The smallest absolute Gasteiger partial charge is 0.373 e. The van der Waals surface area contributed by atoms with Crippen LogP contribution in [0.1, 0.15) is 246 Å². The number of unbranched alkanes of at least 4 members (excludes halogenated alkanes) is 1. The number of para-hydroxylation sites is 1. The van der Waals surface area contributed by atoms with Crippen LogP contribution in [0.3, 0.4) is 0 Å². The predicted octanol–water partition coefficient (Wildman–Crippen LogP) is 8.46. The second kappa shape index (κ2) is 62.3. The van der Waals surface area contributed by atoms with Gasteiger partial charge in [0.2, 0.25) is 11.8 Å². The van der Waals surface area contributed by atoms with Gasteiger partial charge in [-0.1, -0.05) is 112 Å². The Morgan fingerprint density at radius 3 is 1.78 bits per heavy atom. The molecule has 1 aromatic heterocycles. The van der Waals surface area contributed by atoms with Crippen molar-refractivity contribution in [1.29, 1.82) is 0 Å². The van der Waals surface area contributed by atoms with Crippen LogP contribution in [-0.4, -0.2) is 345 Å². The summed E-state index contributed by atoms with van der Waals surface area (Å²) in [5.41, 5.74) is 4.64. The van der Waals surface area contributed by atoms with Crippen LogP contribution in [0.25, 0.3) is 10.9 Å². The fourth-order valence-corrected chi connectivity index (χ4v) is 22.2. The molecule has 2 bridgehead atoms. The zero-order chi connectivity index (χ0) is 107. The highest BCUT2D eigenvalue weighted by Gasteiger charge is 2.78. The number of anilines is 1. The second-order valence-corrected chi connectivity index (χ2v) is 40.5. The van der Waals surface area contributed by atoms with E-state index < -0.39 is 119 Å². The van der Waals surface area contributed by atoms with E-state index in [0.717, 1.165) is 66.8 Å². The number of Topliss-reactive ketones (excluding diaryl/α,β-unsaturated/α-hetero) is 2. The molecule has 3 aromatic carbocycles. The summed E-state index contributed by atoms with van der Waals surface area (Å²) in [5, 5.41) is 101. The number of aliphatic hydroxyl groups is 8. The summed E-state index contributed by atoms with van der Waals surface area (Å²) >= 11 is 0. The zero-order valence-corrected chi connectivity index (χ0v) is 88.5. The van der Waals surface area contributed by atoms with E-state index in [1.165, 1.54) is 57.6 Å². The molecule has 144 heavy (non-hydrogen) atoms. The number of carboxylic acid groups (broad SMARTS) is 1. The third-order valence-corrected chi connectivity index (χ3v) is 30.3. The largest absolute Gasteiger partial charge is 0.481 e. The van der Waals surface area contributed by atoms with Gasteiger partial charge < -0.3 is 124 Å². The van der Waals surface area contributed by atoms with Crippen molar-refractivity contribution in [1.82, 2.24) is 30.7 Å². The standard InChI is InChI=1S/C61H87N5O12.C23H36N2O7S2.C12H22O6.C7H16O4.CO2/c1-9-41(35-67)78-51(75-8)36-77-50(70)22-16-21-49(69)62-39(5)53(71)76-29-15-14-20-48(68)61(74)55-60(25-28-66-26-17-24-59(11-3,54(60)66)56(61)72)45-31-44(38(4)30-47(45)64(55)7)57(6)32-40-33-58(73,10-2)37-65(34-40)27-23-43-42-18-12-13-19-46(42)63-52(43)57;1-5-19(14-26)32-22(30-3)15-31-21(28)11-10-20(27)24-12-13-25-23(29)18-8-6-17(7-9-18)16(2)34-33-4;1-3-10(8-13)18-12(17-2)7-5-9(14)4-6-11(15)16;1-3-6(4-8)11-7(5-9)10-2;2-1-3/h12-13,17-19,24,30-31,39-41,51,54-56,63,67,72-74H,9-11,14-16,20-23,25-29,32-37H2,1-8H3,(H,62,69);6-9,16,19,22,26H,5,10-15H2,1-4H3,(H,24,27)(H,25,29);10,12-13H,3-8H2,1-2H3,(H,15,16);6-9H,3-5H2,1-2H3;/t39?,40?,41?,51?,54?,55?,56-,57-,58?,59-,60-,61+;;;;/m1..../s1. The molecule has 6 heterocycles. The number of hydrogen-bond donors (Lipinski definition) is 13. The van der Waals surface area contributed by atoms with Crippen molar-refractivity contribution >= 4 is 97.5 Å². The first-order chi connectivity index (χ1) is 68.8. The Labute approximate surface area is 854 Å². The Morgan fingerprint density at radius 1 is 0.632 bits per heavy atom. The topological polar surface area (TPSA) is 533 Å². The van der Waals surface area contributed by atoms with E-state index >= 15 is 4.79 Å². The summed E-state index contributed by atoms with van der Waals surface area (Å²) in [7, 11) is 11.2. The predicted molar refractivity (Wildman–Crippen MR) is 540 cm³/mol. The van der Waals surface area contributed by atoms with E-state index in [1.54, 1.807) is 33.7 Å². The molecule has 38 nitrogen and oxygen atoms in total. The Kier molecular flexibility index (Phi) is 53.8. The van der Waals surface area contributed by atoms with Gasteiger partial charge in [-0.3, -0.25) is 48.2 Å². The molecule has 13 N–H and O–H groups in total. The van der Waals surface area contributed by atoms with E-state index in [2.05, 4.69) is 119 Å². The zero-order valence-electron chi connectivity index (χ0n) is 86.8. The van der Waals surface area contributed by atoms with Crippen molar-refractivity contribution in [3.63, 3.8) is 0 Å². The van der Waals surface area contributed by atoms with Gasteiger partial charge >= 0.3 is 30.0 Å². The number of H-pyrrole nitrogens is 1. The van der Waals surface area contributed by atoms with Gasteiger partial charge in [-0.2, -0.15) is 9.59 Å². The summed E-state index contributed by atoms with van der Waals surface area (Å²) in [4.78, 5) is 138. The lowest BCUT2D eigenvalue weighted by atomic mass is 9.47. The molecule has 10 rings (SSSR count). The average Bonchev–Trinajstić information content (AvgIpc) is 1.49. The minimum Gasteiger partial charge on any atom is -0.481 e. The molecule has 1 saturated carbocycles. The highest BCUT2D eigenvalue weighted by molar-refractivity contribution is 8.76. The summed E-state index contributed by atoms with van der Waals surface area (Å²) in [6.45, 7) is 23.3. The summed E-state index contributed by atoms with van der Waals surface area (Å²) in [5.74, 6) is -4.02. The van der Waals surface area contributed by atoms with Gasteiger partial charge in [-0.15, -0.1) is 0 Å². The van der Waals surface area contributed by atoms with Crippen LogP contribution in [0.2, 0.25) is 0 Å². The number of rotatable bonds is 56. The lowest BCUT2D eigenvalue weighted by Crippen LogP contribution is -2.80. The molecule has 3 amide bonds. The van der Waals surface area contributed by atoms with Crippen LogP contribution in [0.4, 0.5) is 5.69 Å². The first-order valence-electron chi connectivity index (χ1n) is 50.2. The number of ether oxygens (including phenoxy) is 11. The maximum absolute atomic E-state index is 15.2. The third-order valence-electron chi connectivity index (χ3n) is 28.1. The fourth-order valence-electron chi connectivity index (χ4n) is 20.4. The number of aromatic amines is 1. The molecule has 1 aliphatic carbocycles. The number of piperidine rings is 1. The van der Waals surface area contributed by atoms with Crippen molar-refractivity contribution in [3.05, 3.63) is 112 Å². The molecule has 0 radical (unpaired) electrons. The number of amides is 3. The van der Waals surface area contributed by atoms with Crippen molar-refractivity contribution in [2.45, 2.75) is 312 Å². The number of nitrogens with one attached hydrogen (secondary N) is 4. The number of carbonyl (C=O) groups is 9. The molecule has 20 atom stereocenters. The highest BCUT2D eigenvalue weighted by Crippen LogP contribution is 2.68. The number of esters is 3. The lowest BCUT2D eigenvalue weighted by molar-refractivity contribution is -0.202.